The van der Waals surface area contributed by atoms with Gasteiger partial charge in [-0.3, -0.25) is 10.0 Å². The Morgan fingerprint density at radius 3 is 2.12 bits per heavy atom. The smallest absolute Gasteiger partial charge is 0.292 e. The van der Waals surface area contributed by atoms with Crippen molar-refractivity contribution in [2.45, 2.75) is 6.18 Å². The average Bonchev–Trinajstić information content (AvgIpc) is 1.59. The first kappa shape index (κ1) is 7.67. The van der Waals surface area contributed by atoms with Crippen LogP contribution in [0.5, 0.6) is 0 Å². The quantitative estimate of drug-likeness (QED) is 0.535. The molecule has 0 aliphatic heterocycles. The van der Waals surface area contributed by atoms with Gasteiger partial charge in [-0.15, -0.1) is 0 Å². The van der Waals surface area contributed by atoms with Crippen LogP contribution in [-0.2, 0) is 4.84 Å². The summed E-state index contributed by atoms with van der Waals surface area (Å²) in [5.74, 6) is 0. The summed E-state index contributed by atoms with van der Waals surface area (Å²) in [6.07, 6.45) is -4.39. The van der Waals surface area contributed by atoms with E-state index in [-0.39, 0.29) is 0 Å². The summed E-state index contributed by atoms with van der Waals surface area (Å²) in [7, 11) is 0. The summed E-state index contributed by atoms with van der Waals surface area (Å²) < 4.78 is 32.9. The number of nitrogens with one attached hydrogen (secondary N) is 1. The minimum absolute atomic E-state index is 0.904. The molecule has 8 heavy (non-hydrogen) atoms. The Morgan fingerprint density at radius 1 is 1.50 bits per heavy atom. The number of rotatable bonds is 2. The van der Waals surface area contributed by atoms with Crippen molar-refractivity contribution in [2.75, 3.05) is 6.61 Å². The van der Waals surface area contributed by atoms with Gasteiger partial charge in [0.2, 0.25) is 0 Å². The molecule has 0 aromatic carbocycles. The van der Waals surface area contributed by atoms with Gasteiger partial charge in [-0.05, 0) is 0 Å². The standard InChI is InChI=1S/C2H4F3NO2/c3-2(4,5)1-8-6-7/h6-7H,1H2. The lowest BCUT2D eigenvalue weighted by Crippen LogP contribution is -2.22. The van der Waals surface area contributed by atoms with Crippen molar-refractivity contribution < 1.29 is 23.2 Å². The molecule has 0 aliphatic rings. The predicted octanol–water partition coefficient (Wildman–Crippen LogP) is 0.459. The van der Waals surface area contributed by atoms with Crippen LogP contribution >= 0.6 is 0 Å². The van der Waals surface area contributed by atoms with Gasteiger partial charge in [0.05, 0.1) is 0 Å². The third-order valence-electron chi connectivity index (χ3n) is 0.300. The van der Waals surface area contributed by atoms with E-state index in [9.17, 15) is 13.2 Å². The van der Waals surface area contributed by atoms with E-state index in [1.54, 1.807) is 0 Å². The monoisotopic (exact) mass is 131 g/mol. The molecule has 0 spiro atoms. The molecule has 50 valence electrons. The number of alkyl halides is 3. The van der Waals surface area contributed by atoms with Crippen LogP contribution in [0.3, 0.4) is 0 Å². The van der Waals surface area contributed by atoms with E-state index < -0.39 is 12.8 Å². The zero-order valence-corrected chi connectivity index (χ0v) is 3.70. The lowest BCUT2D eigenvalue weighted by molar-refractivity contribution is -0.229. The SMILES string of the molecule is ONOCC(F)(F)F. The highest BCUT2D eigenvalue weighted by atomic mass is 19.4. The highest BCUT2D eigenvalue weighted by molar-refractivity contribution is 4.41. The summed E-state index contributed by atoms with van der Waals surface area (Å²) in [6, 6.07) is 0. The van der Waals surface area contributed by atoms with Gasteiger partial charge < -0.3 is 0 Å². The molecule has 0 unspecified atom stereocenters. The number of hydrogen-bond acceptors (Lipinski definition) is 3. The molecular weight excluding hydrogens is 127 g/mol. The van der Waals surface area contributed by atoms with E-state index in [2.05, 4.69) is 4.84 Å². The molecule has 0 fully saturated rings. The fraction of sp³-hybridized carbons (Fsp3) is 1.00. The number of hydrogen-bond donors (Lipinski definition) is 2. The molecule has 0 heterocycles. The van der Waals surface area contributed by atoms with Crippen molar-refractivity contribution >= 4 is 0 Å². The first-order chi connectivity index (χ1) is 3.56. The summed E-state index contributed by atoms with van der Waals surface area (Å²) >= 11 is 0. The van der Waals surface area contributed by atoms with Gasteiger partial charge in [-0.2, -0.15) is 13.2 Å². The highest BCUT2D eigenvalue weighted by Crippen LogP contribution is 2.13. The summed E-state index contributed by atoms with van der Waals surface area (Å²) in [4.78, 5) is 3.38. The molecule has 2 N–H and O–H groups in total. The summed E-state index contributed by atoms with van der Waals surface area (Å²) in [5, 5.41) is 7.46. The molecule has 0 radical (unpaired) electrons. The molecule has 0 aromatic rings. The second-order valence-corrected chi connectivity index (χ2v) is 0.995. The second-order valence-electron chi connectivity index (χ2n) is 0.995. The van der Waals surface area contributed by atoms with Gasteiger partial charge in [0.15, 0.2) is 6.61 Å². The largest absolute Gasteiger partial charge is 0.413 e. The maximum Gasteiger partial charge on any atom is 0.413 e. The Labute approximate surface area is 43.0 Å². The topological polar surface area (TPSA) is 41.5 Å². The van der Waals surface area contributed by atoms with E-state index in [0.29, 0.717) is 0 Å². The van der Waals surface area contributed by atoms with E-state index in [0.717, 1.165) is 5.64 Å². The zero-order chi connectivity index (χ0) is 6.62. The average molecular weight is 131 g/mol. The van der Waals surface area contributed by atoms with Crippen LogP contribution in [0.2, 0.25) is 0 Å². The zero-order valence-electron chi connectivity index (χ0n) is 3.70. The van der Waals surface area contributed by atoms with Gasteiger partial charge in [-0.1, -0.05) is 5.64 Å². The fourth-order valence-electron chi connectivity index (χ4n) is 0.114. The fourth-order valence-corrected chi connectivity index (χ4v) is 0.114. The first-order valence-corrected chi connectivity index (χ1v) is 1.64. The lowest BCUT2D eigenvalue weighted by Gasteiger charge is -2.02. The third-order valence-corrected chi connectivity index (χ3v) is 0.300. The first-order valence-electron chi connectivity index (χ1n) is 1.64. The molecule has 0 aliphatic carbocycles. The maximum absolute atomic E-state index is 11.0. The maximum atomic E-state index is 11.0. The minimum Gasteiger partial charge on any atom is -0.292 e. The van der Waals surface area contributed by atoms with Crippen LogP contribution in [0.15, 0.2) is 0 Å². The van der Waals surface area contributed by atoms with Gasteiger partial charge in [0.1, 0.15) is 0 Å². The van der Waals surface area contributed by atoms with Crippen LogP contribution < -0.4 is 5.64 Å². The minimum atomic E-state index is -4.39. The molecule has 3 nitrogen and oxygen atoms in total. The Hall–Kier alpha value is -0.330. The van der Waals surface area contributed by atoms with E-state index in [1.165, 1.54) is 0 Å². The van der Waals surface area contributed by atoms with Crippen LogP contribution in [0.4, 0.5) is 13.2 Å². The Kier molecular flexibility index (Phi) is 2.74. The van der Waals surface area contributed by atoms with Gasteiger partial charge in [-0.25, -0.2) is 0 Å². The Morgan fingerprint density at radius 2 is 2.00 bits per heavy atom. The van der Waals surface area contributed by atoms with Crippen molar-refractivity contribution in [3.63, 3.8) is 0 Å². The summed E-state index contributed by atoms with van der Waals surface area (Å²) in [6.45, 7) is -1.50. The van der Waals surface area contributed by atoms with Crippen molar-refractivity contribution in [3.8, 4) is 0 Å². The lowest BCUT2D eigenvalue weighted by atomic mass is 10.7. The van der Waals surface area contributed by atoms with E-state index >= 15 is 0 Å². The van der Waals surface area contributed by atoms with Crippen LogP contribution in [0.25, 0.3) is 0 Å². The predicted molar refractivity (Wildman–Crippen MR) is 16.9 cm³/mol. The van der Waals surface area contributed by atoms with Crippen LogP contribution in [0.1, 0.15) is 0 Å². The Balaban J connectivity index is 3.11. The third kappa shape index (κ3) is 5.67. The highest BCUT2D eigenvalue weighted by Gasteiger charge is 2.27. The Bertz CT molecular complexity index is 62.8. The molecule has 0 bridgehead atoms. The molecule has 0 aromatic heterocycles. The summed E-state index contributed by atoms with van der Waals surface area (Å²) in [5.41, 5.74) is 0.904. The van der Waals surface area contributed by atoms with Gasteiger partial charge >= 0.3 is 6.18 Å². The van der Waals surface area contributed by atoms with Crippen molar-refractivity contribution in [1.82, 2.24) is 5.64 Å². The van der Waals surface area contributed by atoms with Crippen molar-refractivity contribution in [2.24, 2.45) is 0 Å². The normalized spacial score (nSPS) is 12.0. The second kappa shape index (κ2) is 2.85. The molecule has 0 saturated carbocycles. The molecular formula is C2H4F3NO2. The molecule has 0 amide bonds. The molecule has 6 heteroatoms. The molecule has 0 rings (SSSR count). The number of halogens is 3. The van der Waals surface area contributed by atoms with Crippen LogP contribution in [-0.4, -0.2) is 18.0 Å². The van der Waals surface area contributed by atoms with Crippen LogP contribution in [0, 0.1) is 0 Å². The molecule has 0 saturated heterocycles. The van der Waals surface area contributed by atoms with Gasteiger partial charge in [0.25, 0.3) is 0 Å². The van der Waals surface area contributed by atoms with E-state index in [4.69, 9.17) is 5.21 Å². The van der Waals surface area contributed by atoms with E-state index in [1.807, 2.05) is 0 Å². The van der Waals surface area contributed by atoms with Crippen molar-refractivity contribution in [1.29, 1.82) is 0 Å². The molecule has 0 atom stereocenters. The van der Waals surface area contributed by atoms with Gasteiger partial charge in [0, 0.05) is 0 Å². The van der Waals surface area contributed by atoms with Crippen molar-refractivity contribution in [3.05, 3.63) is 0 Å².